The summed E-state index contributed by atoms with van der Waals surface area (Å²) in [5, 5.41) is 7.29. The number of aromatic amines is 1. The molecule has 0 aliphatic rings. The second-order valence-corrected chi connectivity index (χ2v) is 5.16. The number of rotatable bonds is 4. The van der Waals surface area contributed by atoms with E-state index in [1.165, 1.54) is 6.33 Å². The SMILES string of the molecule is c1ccc(COc2cccc(-c3n[nH]c4cncnc34)c2)cc1. The molecule has 4 aromatic rings. The Morgan fingerprint density at radius 3 is 2.83 bits per heavy atom. The number of aromatic nitrogens is 4. The Morgan fingerprint density at radius 1 is 1.00 bits per heavy atom. The summed E-state index contributed by atoms with van der Waals surface area (Å²) in [5.74, 6) is 0.802. The van der Waals surface area contributed by atoms with Crippen molar-refractivity contribution in [2.45, 2.75) is 6.61 Å². The first-order valence-corrected chi connectivity index (χ1v) is 7.31. The van der Waals surface area contributed by atoms with Crippen LogP contribution in [-0.2, 0) is 6.61 Å². The predicted molar refractivity (Wildman–Crippen MR) is 87.9 cm³/mol. The second-order valence-electron chi connectivity index (χ2n) is 5.16. The van der Waals surface area contributed by atoms with Crippen LogP contribution in [0.5, 0.6) is 5.75 Å². The third-order valence-electron chi connectivity index (χ3n) is 3.58. The Hall–Kier alpha value is -3.21. The molecule has 5 nitrogen and oxygen atoms in total. The van der Waals surface area contributed by atoms with Gasteiger partial charge in [0, 0.05) is 5.56 Å². The molecule has 112 valence electrons. The van der Waals surface area contributed by atoms with Gasteiger partial charge >= 0.3 is 0 Å². The van der Waals surface area contributed by atoms with Crippen molar-refractivity contribution < 1.29 is 4.74 Å². The van der Waals surface area contributed by atoms with Crippen molar-refractivity contribution >= 4 is 11.0 Å². The van der Waals surface area contributed by atoms with E-state index in [2.05, 4.69) is 20.2 Å². The lowest BCUT2D eigenvalue weighted by Gasteiger charge is -2.07. The van der Waals surface area contributed by atoms with Gasteiger partial charge in [0.1, 0.15) is 35.4 Å². The van der Waals surface area contributed by atoms with E-state index in [1.54, 1.807) is 6.20 Å². The van der Waals surface area contributed by atoms with Crippen molar-refractivity contribution in [3.63, 3.8) is 0 Å². The highest BCUT2D eigenvalue weighted by atomic mass is 16.5. The van der Waals surface area contributed by atoms with Crippen molar-refractivity contribution in [3.05, 3.63) is 72.7 Å². The quantitative estimate of drug-likeness (QED) is 0.625. The molecule has 2 aromatic heterocycles. The van der Waals surface area contributed by atoms with E-state index in [1.807, 2.05) is 54.6 Å². The van der Waals surface area contributed by atoms with Gasteiger partial charge in [-0.25, -0.2) is 9.97 Å². The molecule has 23 heavy (non-hydrogen) atoms. The minimum atomic E-state index is 0.535. The van der Waals surface area contributed by atoms with Gasteiger partial charge < -0.3 is 4.74 Å². The molecule has 0 saturated carbocycles. The number of nitrogens with zero attached hydrogens (tertiary/aromatic N) is 3. The van der Waals surface area contributed by atoms with Gasteiger partial charge in [-0.3, -0.25) is 5.10 Å². The summed E-state index contributed by atoms with van der Waals surface area (Å²) in [4.78, 5) is 8.29. The lowest BCUT2D eigenvalue weighted by atomic mass is 10.1. The fourth-order valence-corrected chi connectivity index (χ4v) is 2.44. The van der Waals surface area contributed by atoms with E-state index in [0.29, 0.717) is 6.61 Å². The number of hydrogen-bond acceptors (Lipinski definition) is 4. The molecule has 0 radical (unpaired) electrons. The molecule has 0 spiro atoms. The fraction of sp³-hybridized carbons (Fsp3) is 0.0556. The topological polar surface area (TPSA) is 63.7 Å². The van der Waals surface area contributed by atoms with Gasteiger partial charge in [-0.1, -0.05) is 42.5 Å². The summed E-state index contributed by atoms with van der Waals surface area (Å²) in [6.07, 6.45) is 3.24. The molecule has 0 bridgehead atoms. The normalized spacial score (nSPS) is 10.8. The Labute approximate surface area is 133 Å². The maximum absolute atomic E-state index is 5.87. The highest BCUT2D eigenvalue weighted by Gasteiger charge is 2.10. The Kier molecular flexibility index (Phi) is 3.44. The first-order chi connectivity index (χ1) is 11.4. The van der Waals surface area contributed by atoms with Crippen molar-refractivity contribution in [2.24, 2.45) is 0 Å². The van der Waals surface area contributed by atoms with Crippen LogP contribution in [0.2, 0.25) is 0 Å². The van der Waals surface area contributed by atoms with Gasteiger partial charge in [0.25, 0.3) is 0 Å². The number of ether oxygens (including phenoxy) is 1. The van der Waals surface area contributed by atoms with Gasteiger partial charge in [-0.15, -0.1) is 0 Å². The van der Waals surface area contributed by atoms with E-state index in [9.17, 15) is 0 Å². The number of H-pyrrole nitrogens is 1. The zero-order chi connectivity index (χ0) is 15.5. The summed E-state index contributed by atoms with van der Waals surface area (Å²) in [6.45, 7) is 0.535. The lowest BCUT2D eigenvalue weighted by molar-refractivity contribution is 0.306. The molecule has 0 aliphatic heterocycles. The van der Waals surface area contributed by atoms with Crippen molar-refractivity contribution in [3.8, 4) is 17.0 Å². The molecule has 0 amide bonds. The molecule has 2 aromatic carbocycles. The Balaban J connectivity index is 1.61. The first kappa shape index (κ1) is 13.5. The molecule has 0 atom stereocenters. The molecule has 2 heterocycles. The van der Waals surface area contributed by atoms with Gasteiger partial charge in [0.2, 0.25) is 0 Å². The Bertz CT molecular complexity index is 934. The van der Waals surface area contributed by atoms with E-state index < -0.39 is 0 Å². The fourth-order valence-electron chi connectivity index (χ4n) is 2.44. The van der Waals surface area contributed by atoms with E-state index in [-0.39, 0.29) is 0 Å². The average molecular weight is 302 g/mol. The molecule has 0 unspecified atom stereocenters. The van der Waals surface area contributed by atoms with Crippen LogP contribution in [0.3, 0.4) is 0 Å². The van der Waals surface area contributed by atoms with Gasteiger partial charge in [0.15, 0.2) is 0 Å². The van der Waals surface area contributed by atoms with Crippen LogP contribution in [0.15, 0.2) is 67.1 Å². The van der Waals surface area contributed by atoms with Crippen LogP contribution in [0.1, 0.15) is 5.56 Å². The first-order valence-electron chi connectivity index (χ1n) is 7.31. The predicted octanol–water partition coefficient (Wildman–Crippen LogP) is 3.60. The second kappa shape index (κ2) is 5.88. The zero-order valence-electron chi connectivity index (χ0n) is 12.3. The zero-order valence-corrected chi connectivity index (χ0v) is 12.3. The van der Waals surface area contributed by atoms with Crippen LogP contribution < -0.4 is 4.74 Å². The third kappa shape index (κ3) is 2.76. The monoisotopic (exact) mass is 302 g/mol. The highest BCUT2D eigenvalue weighted by Crippen LogP contribution is 2.27. The third-order valence-corrected chi connectivity index (χ3v) is 3.58. The van der Waals surface area contributed by atoms with Crippen LogP contribution in [0.4, 0.5) is 0 Å². The smallest absolute Gasteiger partial charge is 0.120 e. The van der Waals surface area contributed by atoms with Crippen LogP contribution in [-0.4, -0.2) is 20.2 Å². The summed E-state index contributed by atoms with van der Waals surface area (Å²) in [6, 6.07) is 18.0. The van der Waals surface area contributed by atoms with E-state index in [0.717, 1.165) is 33.6 Å². The molecule has 0 saturated heterocycles. The summed E-state index contributed by atoms with van der Waals surface area (Å²) >= 11 is 0. The minimum Gasteiger partial charge on any atom is -0.489 e. The Morgan fingerprint density at radius 2 is 1.91 bits per heavy atom. The van der Waals surface area contributed by atoms with Crippen LogP contribution in [0, 0.1) is 0 Å². The van der Waals surface area contributed by atoms with Gasteiger partial charge in [0.05, 0.1) is 6.20 Å². The van der Waals surface area contributed by atoms with Crippen molar-refractivity contribution in [1.29, 1.82) is 0 Å². The average Bonchev–Trinajstić information content (AvgIpc) is 3.05. The minimum absolute atomic E-state index is 0.535. The van der Waals surface area contributed by atoms with Gasteiger partial charge in [-0.2, -0.15) is 5.10 Å². The molecule has 4 rings (SSSR count). The lowest BCUT2D eigenvalue weighted by Crippen LogP contribution is -1.95. The van der Waals surface area contributed by atoms with E-state index >= 15 is 0 Å². The maximum Gasteiger partial charge on any atom is 0.120 e. The largest absolute Gasteiger partial charge is 0.489 e. The molecule has 0 aliphatic carbocycles. The number of nitrogens with one attached hydrogen (secondary N) is 1. The summed E-state index contributed by atoms with van der Waals surface area (Å²) in [7, 11) is 0. The summed E-state index contributed by atoms with van der Waals surface area (Å²) in [5.41, 5.74) is 4.52. The molecule has 1 N–H and O–H groups in total. The molecule has 5 heteroatoms. The highest BCUT2D eigenvalue weighted by molar-refractivity contribution is 5.88. The summed E-state index contributed by atoms with van der Waals surface area (Å²) < 4.78 is 5.87. The van der Waals surface area contributed by atoms with E-state index in [4.69, 9.17) is 4.74 Å². The van der Waals surface area contributed by atoms with Crippen molar-refractivity contribution in [1.82, 2.24) is 20.2 Å². The van der Waals surface area contributed by atoms with Crippen LogP contribution >= 0.6 is 0 Å². The number of benzene rings is 2. The number of fused-ring (bicyclic) bond motifs is 1. The molecular weight excluding hydrogens is 288 g/mol. The molecular formula is C18H14N4O. The maximum atomic E-state index is 5.87. The number of hydrogen-bond donors (Lipinski definition) is 1. The molecule has 0 fully saturated rings. The van der Waals surface area contributed by atoms with Gasteiger partial charge in [-0.05, 0) is 17.7 Å². The standard InChI is InChI=1S/C18H14N4O/c1-2-5-13(6-3-1)11-23-15-8-4-7-14(9-15)17-18-16(21-22-17)10-19-12-20-18/h1-10,12H,11H2,(H,21,22). The van der Waals surface area contributed by atoms with Crippen molar-refractivity contribution in [2.75, 3.05) is 0 Å². The van der Waals surface area contributed by atoms with Crippen LogP contribution in [0.25, 0.3) is 22.3 Å².